The maximum Gasteiger partial charge on any atom is 0.167 e. The molecular weight excluding hydrogens is 330 g/mol. The van der Waals surface area contributed by atoms with Gasteiger partial charge < -0.3 is 30.5 Å². The molecule has 0 saturated carbocycles. The molecule has 25 heavy (non-hydrogen) atoms. The molecule has 0 bridgehead atoms. The van der Waals surface area contributed by atoms with E-state index in [4.69, 9.17) is 15.2 Å². The van der Waals surface area contributed by atoms with Crippen molar-refractivity contribution in [2.24, 2.45) is 0 Å². The maximum absolute atomic E-state index is 10.3. The van der Waals surface area contributed by atoms with E-state index in [1.54, 1.807) is 6.92 Å². The standard InChI is InChI=1S/C15H21N5O5/c1-7(2)3-9(21)24-4-8-11(22)12(23)15(25-8)20-6-19-10-13(16)17-5-18-14(10)20/h5-6,8-9,11-12,15,21-23H,1,3-4H2,2H3,(H2,16,17,18)/t8-,9?,11-,12-,15-/m1/s1. The van der Waals surface area contributed by atoms with Crippen LogP contribution in [0.4, 0.5) is 5.82 Å². The molecule has 0 aromatic carbocycles. The highest BCUT2D eigenvalue weighted by atomic mass is 16.6. The van der Waals surface area contributed by atoms with Crippen molar-refractivity contribution in [3.05, 3.63) is 24.8 Å². The molecule has 0 spiro atoms. The number of anilines is 1. The van der Waals surface area contributed by atoms with Crippen LogP contribution in [-0.4, -0.2) is 66.0 Å². The van der Waals surface area contributed by atoms with E-state index in [1.165, 1.54) is 17.2 Å². The zero-order valence-corrected chi connectivity index (χ0v) is 13.7. The first-order valence-electron chi connectivity index (χ1n) is 7.77. The quantitative estimate of drug-likeness (QED) is 0.392. The van der Waals surface area contributed by atoms with Gasteiger partial charge in [0.05, 0.1) is 12.9 Å². The minimum absolute atomic E-state index is 0.0904. The molecule has 5 atom stereocenters. The van der Waals surface area contributed by atoms with Crippen molar-refractivity contribution < 1.29 is 24.8 Å². The SMILES string of the molecule is C=C(C)CC(O)OC[C@H]1O[C@@H](n2cnc3c(N)ncnc32)[C@H](O)[C@@H]1O. The summed E-state index contributed by atoms with van der Waals surface area (Å²) in [5.41, 5.74) is 7.27. The molecule has 1 saturated heterocycles. The highest BCUT2D eigenvalue weighted by Crippen LogP contribution is 2.32. The summed E-state index contributed by atoms with van der Waals surface area (Å²) in [5.74, 6) is 0.208. The highest BCUT2D eigenvalue weighted by Gasteiger charge is 2.44. The molecule has 0 radical (unpaired) electrons. The van der Waals surface area contributed by atoms with E-state index in [9.17, 15) is 15.3 Å². The number of aliphatic hydroxyl groups is 3. The summed E-state index contributed by atoms with van der Waals surface area (Å²) >= 11 is 0. The number of fused-ring (bicyclic) bond motifs is 1. The third-order valence-corrected chi connectivity index (χ3v) is 3.97. The third kappa shape index (κ3) is 3.48. The van der Waals surface area contributed by atoms with Gasteiger partial charge in [-0.1, -0.05) is 12.2 Å². The number of rotatable bonds is 6. The summed E-state index contributed by atoms with van der Waals surface area (Å²) in [5, 5.41) is 30.2. The number of aliphatic hydroxyl groups excluding tert-OH is 3. The normalized spacial score (nSPS) is 27.7. The number of hydrogen-bond acceptors (Lipinski definition) is 9. The Bertz CT molecular complexity index is 766. The lowest BCUT2D eigenvalue weighted by Gasteiger charge is -2.18. The van der Waals surface area contributed by atoms with Gasteiger partial charge in [0, 0.05) is 6.42 Å². The lowest BCUT2D eigenvalue weighted by molar-refractivity contribution is -0.141. The number of ether oxygens (including phenoxy) is 2. The van der Waals surface area contributed by atoms with Gasteiger partial charge in [-0.05, 0) is 6.92 Å². The fraction of sp³-hybridized carbons (Fsp3) is 0.533. The average Bonchev–Trinajstić information content (AvgIpc) is 3.09. The van der Waals surface area contributed by atoms with Gasteiger partial charge in [-0.25, -0.2) is 15.0 Å². The second-order valence-corrected chi connectivity index (χ2v) is 6.08. The van der Waals surface area contributed by atoms with Gasteiger partial charge in [-0.15, -0.1) is 0 Å². The van der Waals surface area contributed by atoms with Gasteiger partial charge in [0.1, 0.15) is 30.2 Å². The Morgan fingerprint density at radius 1 is 1.40 bits per heavy atom. The van der Waals surface area contributed by atoms with Crippen LogP contribution in [0.25, 0.3) is 11.2 Å². The van der Waals surface area contributed by atoms with Gasteiger partial charge in [-0.2, -0.15) is 0 Å². The molecule has 2 aromatic rings. The number of aromatic nitrogens is 4. The second kappa shape index (κ2) is 7.02. The molecule has 1 aliphatic heterocycles. The first kappa shape index (κ1) is 17.7. The average molecular weight is 351 g/mol. The summed E-state index contributed by atoms with van der Waals surface area (Å²) in [6.45, 7) is 5.37. The lowest BCUT2D eigenvalue weighted by Crippen LogP contribution is -2.35. The van der Waals surface area contributed by atoms with Crippen molar-refractivity contribution in [2.45, 2.75) is 44.2 Å². The summed E-state index contributed by atoms with van der Waals surface area (Å²) in [6.07, 6.45) is -2.24. The fourth-order valence-corrected chi connectivity index (χ4v) is 2.72. The van der Waals surface area contributed by atoms with Crippen LogP contribution in [0.15, 0.2) is 24.8 Å². The van der Waals surface area contributed by atoms with E-state index >= 15 is 0 Å². The molecule has 1 aliphatic rings. The number of nitrogens with two attached hydrogens (primary N) is 1. The summed E-state index contributed by atoms with van der Waals surface area (Å²) in [7, 11) is 0. The Morgan fingerprint density at radius 3 is 2.88 bits per heavy atom. The van der Waals surface area contributed by atoms with E-state index in [0.29, 0.717) is 11.2 Å². The number of nitrogen functional groups attached to an aromatic ring is 1. The Morgan fingerprint density at radius 2 is 2.16 bits per heavy atom. The van der Waals surface area contributed by atoms with Crippen LogP contribution in [-0.2, 0) is 9.47 Å². The monoisotopic (exact) mass is 351 g/mol. The Hall–Kier alpha value is -2.11. The van der Waals surface area contributed by atoms with Crippen LogP contribution < -0.4 is 5.73 Å². The number of hydrogen-bond donors (Lipinski definition) is 4. The zero-order chi connectivity index (χ0) is 18.1. The van der Waals surface area contributed by atoms with Crippen molar-refractivity contribution in [3.63, 3.8) is 0 Å². The molecule has 3 rings (SSSR count). The van der Waals surface area contributed by atoms with E-state index in [-0.39, 0.29) is 18.8 Å². The molecule has 0 amide bonds. The maximum atomic E-state index is 10.3. The van der Waals surface area contributed by atoms with Crippen molar-refractivity contribution in [3.8, 4) is 0 Å². The van der Waals surface area contributed by atoms with Crippen molar-refractivity contribution in [1.29, 1.82) is 0 Å². The topological polar surface area (TPSA) is 149 Å². The zero-order valence-electron chi connectivity index (χ0n) is 13.7. The van der Waals surface area contributed by atoms with Crippen LogP contribution in [0, 0.1) is 0 Å². The largest absolute Gasteiger partial charge is 0.387 e. The van der Waals surface area contributed by atoms with Crippen LogP contribution in [0.2, 0.25) is 0 Å². The fourth-order valence-electron chi connectivity index (χ4n) is 2.72. The van der Waals surface area contributed by atoms with Crippen molar-refractivity contribution in [2.75, 3.05) is 12.3 Å². The highest BCUT2D eigenvalue weighted by molar-refractivity contribution is 5.81. The van der Waals surface area contributed by atoms with Gasteiger partial charge in [0.15, 0.2) is 24.0 Å². The molecule has 1 fully saturated rings. The Kier molecular flexibility index (Phi) is 4.97. The molecular formula is C15H21N5O5. The van der Waals surface area contributed by atoms with Gasteiger partial charge in [0.2, 0.25) is 0 Å². The first-order valence-corrected chi connectivity index (χ1v) is 7.77. The van der Waals surface area contributed by atoms with Gasteiger partial charge >= 0.3 is 0 Å². The van der Waals surface area contributed by atoms with E-state index in [1.807, 2.05) is 0 Å². The minimum Gasteiger partial charge on any atom is -0.387 e. The predicted octanol–water partition coefficient (Wildman–Crippen LogP) is -0.671. The van der Waals surface area contributed by atoms with E-state index < -0.39 is 30.8 Å². The number of imidazole rings is 1. The Labute approximate surface area is 143 Å². The molecule has 3 heterocycles. The molecule has 5 N–H and O–H groups in total. The van der Waals surface area contributed by atoms with Crippen LogP contribution in [0.5, 0.6) is 0 Å². The van der Waals surface area contributed by atoms with E-state index in [0.717, 1.165) is 5.57 Å². The van der Waals surface area contributed by atoms with E-state index in [2.05, 4.69) is 21.5 Å². The molecule has 0 aliphatic carbocycles. The summed E-state index contributed by atoms with van der Waals surface area (Å²) in [6, 6.07) is 0. The van der Waals surface area contributed by atoms with Crippen LogP contribution in [0.3, 0.4) is 0 Å². The molecule has 10 nitrogen and oxygen atoms in total. The Balaban J connectivity index is 1.73. The van der Waals surface area contributed by atoms with Crippen molar-refractivity contribution >= 4 is 17.0 Å². The summed E-state index contributed by atoms with van der Waals surface area (Å²) < 4.78 is 12.4. The number of nitrogens with zero attached hydrogens (tertiary/aromatic N) is 4. The van der Waals surface area contributed by atoms with Crippen LogP contribution >= 0.6 is 0 Å². The second-order valence-electron chi connectivity index (χ2n) is 6.08. The van der Waals surface area contributed by atoms with Crippen LogP contribution in [0.1, 0.15) is 19.6 Å². The summed E-state index contributed by atoms with van der Waals surface area (Å²) in [4.78, 5) is 12.1. The minimum atomic E-state index is -1.22. The first-order chi connectivity index (χ1) is 11.9. The lowest BCUT2D eigenvalue weighted by atomic mass is 10.1. The van der Waals surface area contributed by atoms with Gasteiger partial charge in [0.25, 0.3) is 0 Å². The molecule has 1 unspecified atom stereocenters. The third-order valence-electron chi connectivity index (χ3n) is 3.97. The van der Waals surface area contributed by atoms with Gasteiger partial charge in [-0.3, -0.25) is 4.57 Å². The molecule has 10 heteroatoms. The smallest absolute Gasteiger partial charge is 0.167 e. The van der Waals surface area contributed by atoms with Crippen molar-refractivity contribution in [1.82, 2.24) is 19.5 Å². The molecule has 136 valence electrons. The molecule has 2 aromatic heterocycles. The predicted molar refractivity (Wildman–Crippen MR) is 87.0 cm³/mol.